The molecule has 3 aromatic heterocycles. The zero-order chi connectivity index (χ0) is 26.6. The van der Waals surface area contributed by atoms with E-state index in [4.69, 9.17) is 33.7 Å². The van der Waals surface area contributed by atoms with Gasteiger partial charge in [-0.2, -0.15) is 5.10 Å². The van der Waals surface area contributed by atoms with Crippen LogP contribution in [0.15, 0.2) is 79.5 Å². The third-order valence-electron chi connectivity index (χ3n) is 5.15. The summed E-state index contributed by atoms with van der Waals surface area (Å²) in [5.41, 5.74) is 8.51. The van der Waals surface area contributed by atoms with Crippen LogP contribution in [0.5, 0.6) is 11.8 Å². The zero-order valence-corrected chi connectivity index (χ0v) is 20.8. The Balaban J connectivity index is 1.23. The van der Waals surface area contributed by atoms with Gasteiger partial charge in [-0.3, -0.25) is 0 Å². The fourth-order valence-corrected chi connectivity index (χ4v) is 3.78. The topological polar surface area (TPSA) is 133 Å². The van der Waals surface area contributed by atoms with Crippen LogP contribution < -0.4 is 21.1 Å². The Morgan fingerprint density at radius 1 is 0.921 bits per heavy atom. The quantitative estimate of drug-likeness (QED) is 0.229. The molecular formula is C25H17Cl2FN8O2. The maximum Gasteiger partial charge on any atom is 0.323 e. The number of carbonyl (C=O) groups excluding carboxylic acids is 1. The van der Waals surface area contributed by atoms with Crippen LogP contribution in [0, 0.1) is 5.82 Å². The Morgan fingerprint density at radius 3 is 2.39 bits per heavy atom. The molecule has 0 spiro atoms. The number of amides is 2. The van der Waals surface area contributed by atoms with E-state index in [9.17, 15) is 9.18 Å². The number of nitrogen functional groups attached to an aromatic ring is 1. The van der Waals surface area contributed by atoms with Crippen molar-refractivity contribution in [3.63, 3.8) is 0 Å². The summed E-state index contributed by atoms with van der Waals surface area (Å²) in [6.45, 7) is 0. The van der Waals surface area contributed by atoms with E-state index in [1.807, 2.05) is 0 Å². The highest BCUT2D eigenvalue weighted by atomic mass is 35.5. The first-order valence-electron chi connectivity index (χ1n) is 10.9. The minimum Gasteiger partial charge on any atom is -0.424 e. The van der Waals surface area contributed by atoms with Crippen LogP contribution in [0.4, 0.5) is 26.4 Å². The van der Waals surface area contributed by atoms with Gasteiger partial charge in [0.1, 0.15) is 11.6 Å². The average Bonchev–Trinajstić information content (AvgIpc) is 3.33. The number of nitrogens with two attached hydrogens (primary N) is 1. The second kappa shape index (κ2) is 10.7. The monoisotopic (exact) mass is 550 g/mol. The number of benzene rings is 2. The fourth-order valence-electron chi connectivity index (χ4n) is 3.45. The lowest BCUT2D eigenvalue weighted by molar-refractivity contribution is 0.262. The predicted octanol–water partition coefficient (Wildman–Crippen LogP) is 6.19. The molecule has 4 N–H and O–H groups in total. The first-order chi connectivity index (χ1) is 18.3. The van der Waals surface area contributed by atoms with E-state index in [2.05, 4.69) is 30.7 Å². The number of rotatable bonds is 6. The van der Waals surface area contributed by atoms with Crippen molar-refractivity contribution in [1.82, 2.24) is 24.7 Å². The number of pyridine rings is 1. The fraction of sp³-hybridized carbons (Fsp3) is 0. The normalized spacial score (nSPS) is 10.7. The molecule has 0 aliphatic heterocycles. The van der Waals surface area contributed by atoms with Crippen molar-refractivity contribution in [3.8, 4) is 28.6 Å². The van der Waals surface area contributed by atoms with Crippen LogP contribution in [-0.4, -0.2) is 30.8 Å². The van der Waals surface area contributed by atoms with Gasteiger partial charge in [-0.1, -0.05) is 35.3 Å². The van der Waals surface area contributed by atoms with E-state index in [1.165, 1.54) is 35.5 Å². The van der Waals surface area contributed by atoms with Gasteiger partial charge in [-0.05, 0) is 42.0 Å². The van der Waals surface area contributed by atoms with Gasteiger partial charge in [-0.15, -0.1) is 0 Å². The van der Waals surface area contributed by atoms with Crippen LogP contribution in [0.25, 0.3) is 16.8 Å². The predicted molar refractivity (Wildman–Crippen MR) is 142 cm³/mol. The Bertz CT molecular complexity index is 1610. The molecule has 0 bridgehead atoms. The molecule has 13 heteroatoms. The number of nitrogens with one attached hydrogen (secondary N) is 2. The summed E-state index contributed by atoms with van der Waals surface area (Å²) in [5, 5.41) is 10.1. The third-order valence-corrected chi connectivity index (χ3v) is 5.59. The van der Waals surface area contributed by atoms with Crippen molar-refractivity contribution in [1.29, 1.82) is 0 Å². The largest absolute Gasteiger partial charge is 0.424 e. The van der Waals surface area contributed by atoms with Crippen molar-refractivity contribution >= 4 is 46.4 Å². The van der Waals surface area contributed by atoms with Crippen LogP contribution in [0.3, 0.4) is 0 Å². The molecule has 10 nitrogen and oxygen atoms in total. The van der Waals surface area contributed by atoms with Crippen LogP contribution in [-0.2, 0) is 0 Å². The number of urea groups is 1. The van der Waals surface area contributed by atoms with E-state index in [-0.39, 0.29) is 6.01 Å². The van der Waals surface area contributed by atoms with Crippen LogP contribution in [0.1, 0.15) is 0 Å². The number of nitrogens with zero attached hydrogens (tertiary/aromatic N) is 5. The van der Waals surface area contributed by atoms with Crippen molar-refractivity contribution in [2.24, 2.45) is 0 Å². The molecule has 0 saturated carbocycles. The number of ether oxygens (including phenoxy) is 1. The molecule has 0 saturated heterocycles. The lowest BCUT2D eigenvalue weighted by Gasteiger charge is -2.12. The van der Waals surface area contributed by atoms with Gasteiger partial charge in [0.15, 0.2) is 5.82 Å². The van der Waals surface area contributed by atoms with Crippen molar-refractivity contribution < 1.29 is 13.9 Å². The summed E-state index contributed by atoms with van der Waals surface area (Å²) >= 11 is 12.1. The van der Waals surface area contributed by atoms with Gasteiger partial charge in [0.25, 0.3) is 0 Å². The van der Waals surface area contributed by atoms with Crippen molar-refractivity contribution in [3.05, 3.63) is 95.4 Å². The van der Waals surface area contributed by atoms with Gasteiger partial charge >= 0.3 is 12.0 Å². The summed E-state index contributed by atoms with van der Waals surface area (Å²) in [5.74, 6) is 0.332. The minimum atomic E-state index is -0.594. The molecule has 2 amide bonds. The zero-order valence-electron chi connectivity index (χ0n) is 19.3. The molecule has 3 heterocycles. The summed E-state index contributed by atoms with van der Waals surface area (Å²) in [6, 6.07) is 13.0. The molecule has 0 aliphatic carbocycles. The molecule has 0 unspecified atom stereocenters. The second-order valence-corrected chi connectivity index (χ2v) is 8.68. The molecule has 0 radical (unpaired) electrons. The maximum atomic E-state index is 13.4. The van der Waals surface area contributed by atoms with Crippen LogP contribution in [0.2, 0.25) is 10.0 Å². The lowest BCUT2D eigenvalue weighted by Crippen LogP contribution is -2.20. The smallest absolute Gasteiger partial charge is 0.323 e. The molecule has 0 aliphatic rings. The standard InChI is InChI=1S/C25H17Cl2FN8O2/c26-15-3-6-22(36-13-17(28)10-33-36)21(8-15)35-24(37)34-18-11-31-25(32-12-18)38-19-4-1-14(2-5-19)20-7-16(27)9-30-23(20)29/h1-13H,(H2,29,30)(H2,34,35,37). The molecular weight excluding hydrogens is 534 g/mol. The molecule has 38 heavy (non-hydrogen) atoms. The number of hydrogen-bond acceptors (Lipinski definition) is 7. The summed E-state index contributed by atoms with van der Waals surface area (Å²) in [4.78, 5) is 24.9. The Morgan fingerprint density at radius 2 is 1.68 bits per heavy atom. The van der Waals surface area contributed by atoms with Gasteiger partial charge in [0.2, 0.25) is 0 Å². The second-order valence-electron chi connectivity index (χ2n) is 7.81. The maximum absolute atomic E-state index is 13.4. The Labute approximate surface area is 225 Å². The Hall–Kier alpha value is -4.74. The first kappa shape index (κ1) is 24.9. The van der Waals surface area contributed by atoms with Crippen molar-refractivity contribution in [2.45, 2.75) is 0 Å². The highest BCUT2D eigenvalue weighted by molar-refractivity contribution is 6.31. The summed E-state index contributed by atoms with van der Waals surface area (Å²) in [6.07, 6.45) is 6.49. The van der Waals surface area contributed by atoms with Gasteiger partial charge in [0, 0.05) is 16.8 Å². The van der Waals surface area contributed by atoms with E-state index < -0.39 is 11.8 Å². The van der Waals surface area contributed by atoms with Gasteiger partial charge in [0.05, 0.1) is 46.9 Å². The minimum absolute atomic E-state index is 0.0745. The summed E-state index contributed by atoms with van der Waals surface area (Å²) in [7, 11) is 0. The molecule has 0 atom stereocenters. The summed E-state index contributed by atoms with van der Waals surface area (Å²) < 4.78 is 20.4. The van der Waals surface area contributed by atoms with Crippen LogP contribution >= 0.6 is 23.2 Å². The number of carbonyl (C=O) groups is 1. The molecule has 5 aromatic rings. The number of anilines is 3. The van der Waals surface area contributed by atoms with E-state index in [1.54, 1.807) is 42.5 Å². The van der Waals surface area contributed by atoms with Crippen molar-refractivity contribution in [2.75, 3.05) is 16.4 Å². The molecule has 0 fully saturated rings. The van der Waals surface area contributed by atoms with Gasteiger partial charge < -0.3 is 21.1 Å². The number of aromatic nitrogens is 5. The van der Waals surface area contributed by atoms with E-state index in [0.717, 1.165) is 11.8 Å². The molecule has 5 rings (SSSR count). The van der Waals surface area contributed by atoms with E-state index >= 15 is 0 Å². The first-order valence-corrected chi connectivity index (χ1v) is 11.7. The highest BCUT2D eigenvalue weighted by Crippen LogP contribution is 2.29. The number of halogens is 3. The average molecular weight is 551 g/mol. The molecule has 190 valence electrons. The van der Waals surface area contributed by atoms with E-state index in [0.29, 0.717) is 44.2 Å². The lowest BCUT2D eigenvalue weighted by atomic mass is 10.1. The van der Waals surface area contributed by atoms with Gasteiger partial charge in [-0.25, -0.2) is 28.8 Å². The number of hydrogen-bond donors (Lipinski definition) is 3. The third kappa shape index (κ3) is 5.80. The Kier molecular flexibility index (Phi) is 7.03. The highest BCUT2D eigenvalue weighted by Gasteiger charge is 2.12. The SMILES string of the molecule is Nc1ncc(Cl)cc1-c1ccc(Oc2ncc(NC(=O)Nc3cc(Cl)ccc3-n3cc(F)cn3)cn2)cc1. The molecule has 2 aromatic carbocycles.